The van der Waals surface area contributed by atoms with E-state index < -0.39 is 27.7 Å². The van der Waals surface area contributed by atoms with Gasteiger partial charge in [0.15, 0.2) is 0 Å². The molecule has 2 N–H and O–H groups in total. The van der Waals surface area contributed by atoms with Gasteiger partial charge in [-0.2, -0.15) is 13.2 Å². The zero-order chi connectivity index (χ0) is 22.6. The van der Waals surface area contributed by atoms with Crippen molar-refractivity contribution in [3.8, 4) is 5.75 Å². The SMILES string of the molecule is CCOc1cc(NC(=O)c2ccns2)ccc1S(=O)(=O)Nc1cccc(C(F)(F)F)c1. The topological polar surface area (TPSA) is 97.4 Å². The number of aromatic nitrogens is 1. The second-order valence-corrected chi connectivity index (χ2v) is 8.59. The predicted molar refractivity (Wildman–Crippen MR) is 110 cm³/mol. The second-order valence-electron chi connectivity index (χ2n) is 6.11. The molecular weight excluding hydrogens is 455 g/mol. The Balaban J connectivity index is 1.89. The van der Waals surface area contributed by atoms with E-state index in [0.717, 1.165) is 23.7 Å². The molecule has 3 aromatic rings. The number of amides is 1. The number of alkyl halides is 3. The number of carbonyl (C=O) groups excluding carboxylic acids is 1. The van der Waals surface area contributed by atoms with Crippen LogP contribution in [0.25, 0.3) is 0 Å². The van der Waals surface area contributed by atoms with Gasteiger partial charge in [-0.05, 0) is 54.9 Å². The van der Waals surface area contributed by atoms with E-state index in [-0.39, 0.29) is 28.6 Å². The highest BCUT2D eigenvalue weighted by atomic mass is 32.2. The summed E-state index contributed by atoms with van der Waals surface area (Å²) in [4.78, 5) is 12.2. The summed E-state index contributed by atoms with van der Waals surface area (Å²) in [5.74, 6) is -0.494. The first-order chi connectivity index (χ1) is 14.6. The molecule has 0 saturated carbocycles. The number of hydrogen-bond acceptors (Lipinski definition) is 6. The van der Waals surface area contributed by atoms with E-state index in [2.05, 4.69) is 14.4 Å². The maximum Gasteiger partial charge on any atom is 0.416 e. The molecule has 164 valence electrons. The summed E-state index contributed by atoms with van der Waals surface area (Å²) in [5, 5.41) is 2.61. The first-order valence-electron chi connectivity index (χ1n) is 8.79. The van der Waals surface area contributed by atoms with Gasteiger partial charge < -0.3 is 10.1 Å². The van der Waals surface area contributed by atoms with Crippen LogP contribution in [0.2, 0.25) is 0 Å². The summed E-state index contributed by atoms with van der Waals surface area (Å²) in [7, 11) is -4.28. The lowest BCUT2D eigenvalue weighted by Crippen LogP contribution is -2.16. The summed E-state index contributed by atoms with van der Waals surface area (Å²) in [5.41, 5.74) is -0.960. The van der Waals surface area contributed by atoms with E-state index in [9.17, 15) is 26.4 Å². The summed E-state index contributed by atoms with van der Waals surface area (Å²) in [6, 6.07) is 9.24. The number of halogens is 3. The highest BCUT2D eigenvalue weighted by Gasteiger charge is 2.31. The Morgan fingerprint density at radius 3 is 2.55 bits per heavy atom. The van der Waals surface area contributed by atoms with Crippen molar-refractivity contribution in [2.45, 2.75) is 18.0 Å². The molecule has 0 atom stereocenters. The molecule has 0 radical (unpaired) electrons. The van der Waals surface area contributed by atoms with Crippen LogP contribution in [-0.2, 0) is 16.2 Å². The Morgan fingerprint density at radius 1 is 1.13 bits per heavy atom. The number of rotatable bonds is 7. The Hall–Kier alpha value is -3.12. The Kier molecular flexibility index (Phi) is 6.51. The molecule has 1 heterocycles. The van der Waals surface area contributed by atoms with Crippen molar-refractivity contribution in [3.63, 3.8) is 0 Å². The summed E-state index contributed by atoms with van der Waals surface area (Å²) >= 11 is 0.997. The number of hydrogen-bond donors (Lipinski definition) is 2. The van der Waals surface area contributed by atoms with Gasteiger partial charge >= 0.3 is 6.18 Å². The number of nitrogens with one attached hydrogen (secondary N) is 2. The maximum atomic E-state index is 12.9. The number of ether oxygens (including phenoxy) is 1. The fourth-order valence-corrected chi connectivity index (χ4v) is 4.24. The van der Waals surface area contributed by atoms with Crippen LogP contribution >= 0.6 is 11.5 Å². The number of anilines is 2. The Labute approximate surface area is 180 Å². The van der Waals surface area contributed by atoms with E-state index in [4.69, 9.17) is 4.74 Å². The molecule has 2 aromatic carbocycles. The van der Waals surface area contributed by atoms with Crippen LogP contribution < -0.4 is 14.8 Å². The van der Waals surface area contributed by atoms with E-state index in [1.807, 2.05) is 0 Å². The molecule has 1 aromatic heterocycles. The third kappa shape index (κ3) is 5.52. The molecule has 0 aliphatic rings. The molecule has 0 aliphatic carbocycles. The number of benzene rings is 2. The van der Waals surface area contributed by atoms with Crippen molar-refractivity contribution in [2.24, 2.45) is 0 Å². The quantitative estimate of drug-likeness (QED) is 0.524. The highest BCUT2D eigenvalue weighted by Crippen LogP contribution is 2.33. The Morgan fingerprint density at radius 2 is 1.90 bits per heavy atom. The van der Waals surface area contributed by atoms with E-state index in [0.29, 0.717) is 10.9 Å². The molecule has 0 unspecified atom stereocenters. The molecule has 3 rings (SSSR count). The lowest BCUT2D eigenvalue weighted by Gasteiger charge is -2.15. The lowest BCUT2D eigenvalue weighted by molar-refractivity contribution is -0.137. The molecular formula is C19H16F3N3O4S2. The number of carbonyl (C=O) groups is 1. The molecule has 7 nitrogen and oxygen atoms in total. The van der Waals surface area contributed by atoms with Crippen molar-refractivity contribution in [2.75, 3.05) is 16.6 Å². The van der Waals surface area contributed by atoms with Crippen LogP contribution in [0, 0.1) is 0 Å². The lowest BCUT2D eigenvalue weighted by atomic mass is 10.2. The minimum Gasteiger partial charge on any atom is -0.492 e. The first kappa shape index (κ1) is 22.6. The Bertz CT molecular complexity index is 1180. The molecule has 0 bridgehead atoms. The summed E-state index contributed by atoms with van der Waals surface area (Å²) in [6.45, 7) is 1.76. The average Bonchev–Trinajstić information content (AvgIpc) is 3.22. The molecule has 0 aliphatic heterocycles. The second kappa shape index (κ2) is 8.94. The van der Waals surface area contributed by atoms with Crippen LogP contribution in [0.1, 0.15) is 22.2 Å². The molecule has 1 amide bonds. The minimum absolute atomic E-state index is 0.0657. The molecule has 0 spiro atoms. The molecule has 31 heavy (non-hydrogen) atoms. The van der Waals surface area contributed by atoms with Gasteiger partial charge in [0.2, 0.25) is 0 Å². The van der Waals surface area contributed by atoms with Gasteiger partial charge in [0.25, 0.3) is 15.9 Å². The highest BCUT2D eigenvalue weighted by molar-refractivity contribution is 7.92. The van der Waals surface area contributed by atoms with Crippen molar-refractivity contribution in [3.05, 3.63) is 65.2 Å². The van der Waals surface area contributed by atoms with Crippen molar-refractivity contribution >= 4 is 38.8 Å². The summed E-state index contributed by atoms with van der Waals surface area (Å²) < 4.78 is 75.7. The minimum atomic E-state index is -4.62. The number of sulfonamides is 1. The molecule has 0 fully saturated rings. The monoisotopic (exact) mass is 471 g/mol. The van der Waals surface area contributed by atoms with E-state index >= 15 is 0 Å². The first-order valence-corrected chi connectivity index (χ1v) is 11.0. The normalized spacial score (nSPS) is 11.7. The standard InChI is InChI=1S/C19H16F3N3O4S2/c1-2-29-15-11-13(24-18(26)16-8-9-23-30-16)6-7-17(15)31(27,28)25-14-5-3-4-12(10-14)19(20,21)22/h3-11,25H,2H2,1H3,(H,24,26). The largest absolute Gasteiger partial charge is 0.492 e. The van der Waals surface area contributed by atoms with E-state index in [1.165, 1.54) is 36.5 Å². The average molecular weight is 471 g/mol. The number of nitrogens with zero attached hydrogens (tertiary/aromatic N) is 1. The van der Waals surface area contributed by atoms with E-state index in [1.54, 1.807) is 6.92 Å². The van der Waals surface area contributed by atoms with Gasteiger partial charge in [-0.25, -0.2) is 12.8 Å². The van der Waals surface area contributed by atoms with Crippen LogP contribution in [0.15, 0.2) is 59.6 Å². The zero-order valence-electron chi connectivity index (χ0n) is 15.9. The third-order valence-electron chi connectivity index (χ3n) is 3.89. The van der Waals surface area contributed by atoms with Crippen molar-refractivity contribution in [1.82, 2.24) is 4.37 Å². The predicted octanol–water partition coefficient (Wildman–Crippen LogP) is 4.61. The van der Waals surface area contributed by atoms with Crippen LogP contribution in [0.4, 0.5) is 24.5 Å². The van der Waals surface area contributed by atoms with Gasteiger partial charge in [-0.1, -0.05) is 6.07 Å². The van der Waals surface area contributed by atoms with Gasteiger partial charge in [-0.3, -0.25) is 9.52 Å². The van der Waals surface area contributed by atoms with Crippen LogP contribution in [0.3, 0.4) is 0 Å². The fraction of sp³-hybridized carbons (Fsp3) is 0.158. The third-order valence-corrected chi connectivity index (χ3v) is 6.06. The van der Waals surface area contributed by atoms with Crippen molar-refractivity contribution < 1.29 is 31.1 Å². The van der Waals surface area contributed by atoms with Crippen molar-refractivity contribution in [1.29, 1.82) is 0 Å². The fourth-order valence-electron chi connectivity index (χ4n) is 2.57. The zero-order valence-corrected chi connectivity index (χ0v) is 17.6. The summed E-state index contributed by atoms with van der Waals surface area (Å²) in [6.07, 6.45) is -3.14. The van der Waals surface area contributed by atoms with Gasteiger partial charge in [0.1, 0.15) is 15.5 Å². The van der Waals surface area contributed by atoms with Crippen LogP contribution in [-0.4, -0.2) is 25.3 Å². The molecule has 12 heteroatoms. The maximum absolute atomic E-state index is 12.9. The van der Waals surface area contributed by atoms with Gasteiger partial charge in [0.05, 0.1) is 12.2 Å². The molecule has 0 saturated heterocycles. The van der Waals surface area contributed by atoms with Gasteiger partial charge in [0, 0.05) is 23.6 Å². The van der Waals surface area contributed by atoms with Gasteiger partial charge in [-0.15, -0.1) is 0 Å². The van der Waals surface area contributed by atoms with Crippen LogP contribution in [0.5, 0.6) is 5.75 Å². The smallest absolute Gasteiger partial charge is 0.416 e.